The van der Waals surface area contributed by atoms with E-state index in [-0.39, 0.29) is 40.5 Å². The molecule has 224 valence electrons. The topological polar surface area (TPSA) is 90.9 Å². The lowest BCUT2D eigenvalue weighted by molar-refractivity contribution is 0.249. The van der Waals surface area contributed by atoms with E-state index in [0.29, 0.717) is 36.1 Å². The summed E-state index contributed by atoms with van der Waals surface area (Å²) in [6, 6.07) is 7.29. The van der Waals surface area contributed by atoms with Gasteiger partial charge in [-0.25, -0.2) is 27.2 Å². The molecule has 0 atom stereocenters. The first-order valence-corrected chi connectivity index (χ1v) is 16.1. The Morgan fingerprint density at radius 1 is 1.02 bits per heavy atom. The van der Waals surface area contributed by atoms with E-state index in [1.807, 2.05) is 30.9 Å². The number of nitrogens with one attached hydrogen (secondary N) is 1. The zero-order valence-corrected chi connectivity index (χ0v) is 25.1. The number of aromatic nitrogens is 2. The van der Waals surface area contributed by atoms with Crippen molar-refractivity contribution in [3.63, 3.8) is 0 Å². The molecule has 0 aliphatic carbocycles. The van der Waals surface area contributed by atoms with Gasteiger partial charge in [0.2, 0.25) is 5.95 Å². The van der Waals surface area contributed by atoms with Gasteiger partial charge in [-0.1, -0.05) is 0 Å². The molecule has 2 aromatic carbocycles. The van der Waals surface area contributed by atoms with Crippen LogP contribution in [0, 0.1) is 11.6 Å². The highest BCUT2D eigenvalue weighted by Gasteiger charge is 2.33. The molecular formula is C30H36F2N6O3S. The smallest absolute Gasteiger partial charge is 0.227 e. The maximum absolute atomic E-state index is 15.1. The molecule has 0 bridgehead atoms. The number of sulfone groups is 1. The van der Waals surface area contributed by atoms with Crippen LogP contribution < -0.4 is 19.9 Å². The molecule has 1 aromatic heterocycles. The van der Waals surface area contributed by atoms with E-state index in [0.717, 1.165) is 43.4 Å². The third kappa shape index (κ3) is 5.37. The van der Waals surface area contributed by atoms with Crippen molar-refractivity contribution in [2.24, 2.45) is 0 Å². The number of fused-ring (bicyclic) bond motifs is 2. The van der Waals surface area contributed by atoms with Gasteiger partial charge in [0.25, 0.3) is 0 Å². The van der Waals surface area contributed by atoms with Crippen LogP contribution in [0.4, 0.5) is 31.8 Å². The number of hydrogen-bond acceptors (Lipinski definition) is 9. The molecule has 12 heteroatoms. The van der Waals surface area contributed by atoms with Crippen LogP contribution in [-0.4, -0.2) is 75.7 Å². The summed E-state index contributed by atoms with van der Waals surface area (Å²) >= 11 is 0. The maximum atomic E-state index is 15.1. The van der Waals surface area contributed by atoms with Gasteiger partial charge < -0.3 is 24.8 Å². The van der Waals surface area contributed by atoms with Crippen molar-refractivity contribution in [2.45, 2.75) is 50.3 Å². The van der Waals surface area contributed by atoms with E-state index in [9.17, 15) is 8.42 Å². The van der Waals surface area contributed by atoms with Crippen LogP contribution in [0.5, 0.6) is 5.75 Å². The second kappa shape index (κ2) is 11.0. The number of nitrogens with zero attached hydrogens (tertiary/aromatic N) is 5. The first-order valence-electron chi connectivity index (χ1n) is 14.3. The minimum absolute atomic E-state index is 0.0286. The highest BCUT2D eigenvalue weighted by Crippen LogP contribution is 2.41. The third-order valence-corrected chi connectivity index (χ3v) is 9.93. The number of anilines is 4. The second-order valence-electron chi connectivity index (χ2n) is 11.8. The minimum Gasteiger partial charge on any atom is -0.486 e. The van der Waals surface area contributed by atoms with Gasteiger partial charge in [-0.2, -0.15) is 0 Å². The maximum Gasteiger partial charge on any atom is 0.227 e. The summed E-state index contributed by atoms with van der Waals surface area (Å²) in [5.74, 6) is -1.17. The predicted molar refractivity (Wildman–Crippen MR) is 160 cm³/mol. The molecule has 3 aliphatic rings. The van der Waals surface area contributed by atoms with Crippen LogP contribution >= 0.6 is 0 Å². The average molecular weight is 599 g/mol. The highest BCUT2D eigenvalue weighted by atomic mass is 32.2. The quantitative estimate of drug-likeness (QED) is 0.433. The zero-order chi connectivity index (χ0) is 29.8. The first-order chi connectivity index (χ1) is 20.0. The Balaban J connectivity index is 1.32. The minimum atomic E-state index is -3.32. The van der Waals surface area contributed by atoms with Gasteiger partial charge in [-0.05, 0) is 76.2 Å². The van der Waals surface area contributed by atoms with Gasteiger partial charge in [0.15, 0.2) is 27.2 Å². The Labute approximate surface area is 245 Å². The molecule has 1 saturated heterocycles. The molecule has 1 N–H and O–H groups in total. The van der Waals surface area contributed by atoms with Crippen LogP contribution in [0.25, 0.3) is 11.3 Å². The molecule has 0 radical (unpaired) electrons. The van der Waals surface area contributed by atoms with Gasteiger partial charge in [-0.15, -0.1) is 0 Å². The first kappa shape index (κ1) is 28.6. The third-order valence-electron chi connectivity index (χ3n) is 8.47. The molecule has 3 aromatic rings. The fourth-order valence-electron chi connectivity index (χ4n) is 6.26. The number of rotatable bonds is 6. The molecule has 6 rings (SSSR count). The van der Waals surface area contributed by atoms with E-state index < -0.39 is 21.5 Å². The van der Waals surface area contributed by atoms with Gasteiger partial charge in [0.1, 0.15) is 12.3 Å². The number of halogens is 2. The number of hydrogen-bond donors (Lipinski definition) is 1. The van der Waals surface area contributed by atoms with E-state index in [1.165, 1.54) is 6.07 Å². The Kier molecular flexibility index (Phi) is 7.46. The Bertz CT molecular complexity index is 1620. The van der Waals surface area contributed by atoms with Gasteiger partial charge in [0.05, 0.1) is 29.9 Å². The highest BCUT2D eigenvalue weighted by molar-refractivity contribution is 7.90. The molecule has 0 saturated carbocycles. The molecule has 4 heterocycles. The van der Waals surface area contributed by atoms with E-state index in [4.69, 9.17) is 4.74 Å². The van der Waals surface area contributed by atoms with Gasteiger partial charge in [0, 0.05) is 42.1 Å². The average Bonchev–Trinajstić information content (AvgIpc) is 3.29. The lowest BCUT2D eigenvalue weighted by atomic mass is 10.00. The summed E-state index contributed by atoms with van der Waals surface area (Å²) in [6.45, 7) is 6.66. The Morgan fingerprint density at radius 3 is 2.48 bits per heavy atom. The summed E-state index contributed by atoms with van der Waals surface area (Å²) < 4.78 is 61.3. The fraction of sp³-hybridized carbons (Fsp3) is 0.467. The van der Waals surface area contributed by atoms with Crippen LogP contribution in [0.1, 0.15) is 37.8 Å². The normalized spacial score (nSPS) is 18.3. The fourth-order valence-corrected chi connectivity index (χ4v) is 7.89. The Hall–Kier alpha value is -3.51. The molecule has 1 fully saturated rings. The monoisotopic (exact) mass is 598 g/mol. The van der Waals surface area contributed by atoms with Gasteiger partial charge >= 0.3 is 0 Å². The van der Waals surface area contributed by atoms with Crippen LogP contribution in [0.2, 0.25) is 0 Å². The van der Waals surface area contributed by atoms with E-state index >= 15 is 8.78 Å². The van der Waals surface area contributed by atoms with Gasteiger partial charge in [-0.3, -0.25) is 0 Å². The molecule has 0 unspecified atom stereocenters. The SMILES string of the molecule is CC(C)N1CCOc2c(F)cc(-c3nc(Nc4ccc(N5CCC(N(C)C)CC5)c5c4CS(=O)(=O)C5)ncc3F)cc21. The summed E-state index contributed by atoms with van der Waals surface area (Å²) in [6.07, 6.45) is 3.05. The van der Waals surface area contributed by atoms with Crippen molar-refractivity contribution in [3.05, 3.63) is 53.2 Å². The summed E-state index contributed by atoms with van der Waals surface area (Å²) in [5.41, 5.74) is 3.72. The lowest BCUT2D eigenvalue weighted by Crippen LogP contribution is -2.42. The van der Waals surface area contributed by atoms with E-state index in [2.05, 4.69) is 39.2 Å². The summed E-state index contributed by atoms with van der Waals surface area (Å²) in [7, 11) is 0.853. The summed E-state index contributed by atoms with van der Waals surface area (Å²) in [4.78, 5) is 15.0. The van der Waals surface area contributed by atoms with Crippen LogP contribution in [-0.2, 0) is 21.3 Å². The van der Waals surface area contributed by atoms with Crippen molar-refractivity contribution in [3.8, 4) is 17.0 Å². The Morgan fingerprint density at radius 2 is 1.76 bits per heavy atom. The van der Waals surface area contributed by atoms with Crippen molar-refractivity contribution in [2.75, 3.05) is 55.5 Å². The van der Waals surface area contributed by atoms with Crippen LogP contribution in [0.3, 0.4) is 0 Å². The predicted octanol–water partition coefficient (Wildman–Crippen LogP) is 4.73. The van der Waals surface area contributed by atoms with Crippen molar-refractivity contribution in [1.82, 2.24) is 14.9 Å². The van der Waals surface area contributed by atoms with Crippen molar-refractivity contribution >= 4 is 32.8 Å². The lowest BCUT2D eigenvalue weighted by Gasteiger charge is -2.37. The molecular weight excluding hydrogens is 562 g/mol. The number of benzene rings is 2. The van der Waals surface area contributed by atoms with Crippen molar-refractivity contribution < 1.29 is 21.9 Å². The molecule has 0 amide bonds. The van der Waals surface area contributed by atoms with E-state index in [1.54, 1.807) is 6.07 Å². The summed E-state index contributed by atoms with van der Waals surface area (Å²) in [5, 5.41) is 3.13. The second-order valence-corrected chi connectivity index (χ2v) is 13.8. The molecule has 9 nitrogen and oxygen atoms in total. The van der Waals surface area contributed by atoms with Crippen LogP contribution in [0.15, 0.2) is 30.5 Å². The molecule has 3 aliphatic heterocycles. The number of piperidine rings is 1. The zero-order valence-electron chi connectivity index (χ0n) is 24.3. The molecule has 42 heavy (non-hydrogen) atoms. The molecule has 0 spiro atoms. The largest absolute Gasteiger partial charge is 0.486 e. The van der Waals surface area contributed by atoms with Crippen molar-refractivity contribution in [1.29, 1.82) is 0 Å². The number of ether oxygens (including phenoxy) is 1. The standard InChI is InChI=1S/C30H36F2N6O3S/c1-18(2)38-11-12-41-29-23(31)13-19(14-27(29)38)28-24(32)15-33-30(35-28)34-25-5-6-26(22-17-42(39,40)16-21(22)25)37-9-7-20(8-10-37)36(3)4/h5-6,13-15,18,20H,7-12,16-17H2,1-4H3,(H,33,34,35).